The zero-order chi connectivity index (χ0) is 22.9. The molecule has 2 heterocycles. The molecule has 0 bridgehead atoms. The van der Waals surface area contributed by atoms with E-state index in [-0.39, 0.29) is 34.3 Å². The van der Waals surface area contributed by atoms with E-state index in [0.29, 0.717) is 28.6 Å². The highest BCUT2D eigenvalue weighted by Crippen LogP contribution is 2.37. The molecule has 3 rings (SSSR count). The molecule has 0 spiro atoms. The Balaban J connectivity index is 2.02. The Morgan fingerprint density at radius 3 is 2.58 bits per heavy atom. The van der Waals surface area contributed by atoms with Crippen LogP contribution in [0.4, 0.5) is 14.5 Å². The third-order valence-electron chi connectivity index (χ3n) is 4.89. The summed E-state index contributed by atoms with van der Waals surface area (Å²) in [4.78, 5) is 27.0. The zero-order valence-corrected chi connectivity index (χ0v) is 18.6. The van der Waals surface area contributed by atoms with Crippen LogP contribution >= 0.6 is 11.3 Å². The summed E-state index contributed by atoms with van der Waals surface area (Å²) in [5, 5.41) is 0. The van der Waals surface area contributed by atoms with Crippen LogP contribution in [-0.4, -0.2) is 38.8 Å². The molecule has 0 saturated carbocycles. The molecule has 1 N–H and O–H groups in total. The van der Waals surface area contributed by atoms with Crippen molar-refractivity contribution in [3.8, 4) is 0 Å². The van der Waals surface area contributed by atoms with Crippen molar-refractivity contribution < 1.29 is 31.5 Å². The minimum Gasteiger partial charge on any atom is -0.465 e. The van der Waals surface area contributed by atoms with Crippen molar-refractivity contribution in [1.82, 2.24) is 4.90 Å². The molecule has 1 aromatic carbocycles. The number of benzene rings is 1. The van der Waals surface area contributed by atoms with Crippen molar-refractivity contribution in [2.45, 2.75) is 31.0 Å². The Kier molecular flexibility index (Phi) is 6.46. The van der Waals surface area contributed by atoms with Gasteiger partial charge in [0.2, 0.25) is 5.91 Å². The van der Waals surface area contributed by atoms with Crippen molar-refractivity contribution in [3.05, 3.63) is 57.5 Å². The van der Waals surface area contributed by atoms with E-state index in [1.54, 1.807) is 24.8 Å². The van der Waals surface area contributed by atoms with Crippen LogP contribution in [0.15, 0.2) is 34.1 Å². The molecule has 11 heteroatoms. The van der Waals surface area contributed by atoms with Gasteiger partial charge in [0.25, 0.3) is 10.0 Å². The number of ether oxygens (including phenoxy) is 1. The van der Waals surface area contributed by atoms with Crippen molar-refractivity contribution in [3.63, 3.8) is 0 Å². The summed E-state index contributed by atoms with van der Waals surface area (Å²) in [5.74, 6) is -3.34. The molecule has 1 aromatic heterocycles. The third-order valence-corrected chi connectivity index (χ3v) is 8.00. The number of nitrogens with zero attached hydrogens (tertiary/aromatic N) is 1. The summed E-state index contributed by atoms with van der Waals surface area (Å²) in [6, 6.07) is 2.57. The number of halogens is 2. The number of sulfonamides is 1. The number of carbonyl (C=O) groups excluding carboxylic acids is 2. The van der Waals surface area contributed by atoms with Crippen LogP contribution in [0.5, 0.6) is 0 Å². The molecular weight excluding hydrogens is 450 g/mol. The standard InChI is InChI=1S/C20H20F2N2O5S2/c1-4-11(2)18(25)24-8-7-13-16(10-24)30-20(17(13)19(26)29-3)31(27,28)23-12-5-6-14(21)15(22)9-12/h4-6,9,23H,7-8,10H2,1-3H3. The van der Waals surface area contributed by atoms with Gasteiger partial charge in [0.05, 0.1) is 24.9 Å². The monoisotopic (exact) mass is 470 g/mol. The second kappa shape index (κ2) is 8.75. The fourth-order valence-electron chi connectivity index (χ4n) is 3.18. The topological polar surface area (TPSA) is 92.8 Å². The maximum absolute atomic E-state index is 13.5. The van der Waals surface area contributed by atoms with Crippen molar-refractivity contribution in [2.24, 2.45) is 0 Å². The number of methoxy groups -OCH3 is 1. The van der Waals surface area contributed by atoms with Crippen molar-refractivity contribution in [1.29, 1.82) is 0 Å². The number of hydrogen-bond donors (Lipinski definition) is 1. The summed E-state index contributed by atoms with van der Waals surface area (Å²) >= 11 is 0.847. The first-order valence-corrected chi connectivity index (χ1v) is 11.5. The number of hydrogen-bond acceptors (Lipinski definition) is 6. The number of allylic oxidation sites excluding steroid dienone is 1. The molecule has 0 radical (unpaired) electrons. The number of fused-ring (bicyclic) bond motifs is 1. The quantitative estimate of drug-likeness (QED) is 0.534. The van der Waals surface area contributed by atoms with Gasteiger partial charge in [-0.2, -0.15) is 0 Å². The minimum absolute atomic E-state index is 0.104. The third kappa shape index (κ3) is 4.47. The Bertz CT molecular complexity index is 1190. The number of rotatable bonds is 5. The van der Waals surface area contributed by atoms with E-state index in [1.807, 2.05) is 0 Å². The normalized spacial score (nSPS) is 14.2. The Morgan fingerprint density at radius 1 is 1.26 bits per heavy atom. The summed E-state index contributed by atoms with van der Waals surface area (Å²) in [5.41, 5.74) is 0.764. The van der Waals surface area contributed by atoms with Crippen LogP contribution in [0.1, 0.15) is 34.6 Å². The van der Waals surface area contributed by atoms with Crippen molar-refractivity contribution in [2.75, 3.05) is 18.4 Å². The van der Waals surface area contributed by atoms with Gasteiger partial charge in [0.1, 0.15) is 0 Å². The molecule has 166 valence electrons. The van der Waals surface area contributed by atoms with Crippen LogP contribution in [0.3, 0.4) is 0 Å². The lowest BCUT2D eigenvalue weighted by molar-refractivity contribution is -0.127. The number of anilines is 1. The highest BCUT2D eigenvalue weighted by Gasteiger charge is 2.35. The van der Waals surface area contributed by atoms with Gasteiger partial charge in [-0.05, 0) is 38.0 Å². The number of esters is 1. The molecule has 2 aromatic rings. The van der Waals surface area contributed by atoms with Gasteiger partial charge >= 0.3 is 5.97 Å². The van der Waals surface area contributed by atoms with E-state index in [4.69, 9.17) is 4.74 Å². The van der Waals surface area contributed by atoms with E-state index >= 15 is 0 Å². The number of amides is 1. The summed E-state index contributed by atoms with van der Waals surface area (Å²) in [7, 11) is -3.18. The van der Waals surface area contributed by atoms with Crippen LogP contribution < -0.4 is 4.72 Å². The van der Waals surface area contributed by atoms with E-state index < -0.39 is 27.6 Å². The largest absolute Gasteiger partial charge is 0.465 e. The molecule has 1 aliphatic rings. The second-order valence-corrected chi connectivity index (χ2v) is 9.82. The van der Waals surface area contributed by atoms with Crippen LogP contribution in [0.25, 0.3) is 0 Å². The van der Waals surface area contributed by atoms with Crippen molar-refractivity contribution >= 4 is 38.9 Å². The average Bonchev–Trinajstić information content (AvgIpc) is 3.14. The van der Waals surface area contributed by atoms with Gasteiger partial charge in [-0.15, -0.1) is 11.3 Å². The molecule has 7 nitrogen and oxygen atoms in total. The van der Waals surface area contributed by atoms with Gasteiger partial charge in [-0.1, -0.05) is 6.08 Å². The highest BCUT2D eigenvalue weighted by molar-refractivity contribution is 7.94. The summed E-state index contributed by atoms with van der Waals surface area (Å²) in [6.07, 6.45) is 1.97. The number of nitrogens with one attached hydrogen (secondary N) is 1. The predicted octanol–water partition coefficient (Wildman–Crippen LogP) is 3.46. The van der Waals surface area contributed by atoms with Gasteiger partial charge < -0.3 is 9.64 Å². The molecule has 1 amide bonds. The van der Waals surface area contributed by atoms with E-state index in [2.05, 4.69) is 4.72 Å². The first-order chi connectivity index (χ1) is 14.6. The number of thiophene rings is 1. The second-order valence-electron chi connectivity index (χ2n) is 6.84. The summed E-state index contributed by atoms with van der Waals surface area (Å²) < 4.78 is 59.3. The Morgan fingerprint density at radius 2 is 1.97 bits per heavy atom. The average molecular weight is 471 g/mol. The Hall–Kier alpha value is -2.79. The molecular formula is C20H20F2N2O5S2. The van der Waals surface area contributed by atoms with Gasteiger partial charge in [-0.3, -0.25) is 9.52 Å². The lowest BCUT2D eigenvalue weighted by Crippen LogP contribution is -2.36. The minimum atomic E-state index is -4.32. The number of carbonyl (C=O) groups is 2. The lowest BCUT2D eigenvalue weighted by atomic mass is 10.0. The highest BCUT2D eigenvalue weighted by atomic mass is 32.2. The molecule has 0 aliphatic carbocycles. The van der Waals surface area contributed by atoms with Crippen LogP contribution in [0.2, 0.25) is 0 Å². The molecule has 0 atom stereocenters. The maximum atomic E-state index is 13.5. The fraction of sp³-hybridized carbons (Fsp3) is 0.300. The molecule has 0 saturated heterocycles. The zero-order valence-electron chi connectivity index (χ0n) is 17.0. The van der Waals surface area contributed by atoms with E-state index in [0.717, 1.165) is 30.6 Å². The predicted molar refractivity (Wildman–Crippen MR) is 111 cm³/mol. The summed E-state index contributed by atoms with van der Waals surface area (Å²) in [6.45, 7) is 3.90. The van der Waals surface area contributed by atoms with E-state index in [9.17, 15) is 26.8 Å². The Labute approximate surface area is 182 Å². The smallest absolute Gasteiger partial charge is 0.340 e. The fourth-order valence-corrected chi connectivity index (χ4v) is 6.13. The first kappa shape index (κ1) is 22.9. The van der Waals surface area contributed by atoms with Gasteiger partial charge in [0.15, 0.2) is 15.8 Å². The van der Waals surface area contributed by atoms with Crippen LogP contribution in [-0.2, 0) is 32.5 Å². The molecule has 0 unspecified atom stereocenters. The molecule has 31 heavy (non-hydrogen) atoms. The SMILES string of the molecule is CC=C(C)C(=O)N1CCc2c(sc(S(=O)(=O)Nc3ccc(F)c(F)c3)c2C(=O)OC)C1. The van der Waals surface area contributed by atoms with E-state index in [1.165, 1.54) is 0 Å². The van der Waals surface area contributed by atoms with Gasteiger partial charge in [0, 0.05) is 23.1 Å². The molecule has 1 aliphatic heterocycles. The maximum Gasteiger partial charge on any atom is 0.340 e. The lowest BCUT2D eigenvalue weighted by Gasteiger charge is -2.27. The van der Waals surface area contributed by atoms with Gasteiger partial charge in [-0.25, -0.2) is 22.0 Å². The van der Waals surface area contributed by atoms with Crippen LogP contribution in [0, 0.1) is 11.6 Å². The first-order valence-electron chi connectivity index (χ1n) is 9.22. The molecule has 0 fully saturated rings.